The number of hydrogen-bond acceptors (Lipinski definition) is 4. The lowest BCUT2D eigenvalue weighted by atomic mass is 9.98. The minimum atomic E-state index is -0.367. The van der Waals surface area contributed by atoms with Crippen molar-refractivity contribution in [1.82, 2.24) is 9.55 Å². The van der Waals surface area contributed by atoms with E-state index in [1.165, 1.54) is 22.5 Å². The highest BCUT2D eigenvalue weighted by molar-refractivity contribution is 7.98. The fraction of sp³-hybridized carbons (Fsp3) is 0.105. The van der Waals surface area contributed by atoms with Gasteiger partial charge < -0.3 is 0 Å². The molecule has 0 saturated carbocycles. The molecule has 0 radical (unpaired) electrons. The van der Waals surface area contributed by atoms with Crippen molar-refractivity contribution in [1.29, 1.82) is 5.26 Å². The summed E-state index contributed by atoms with van der Waals surface area (Å²) in [5.41, 5.74) is 2.35. The Bertz CT molecular complexity index is 1040. The van der Waals surface area contributed by atoms with E-state index < -0.39 is 0 Å². The zero-order valence-corrected chi connectivity index (χ0v) is 15.2. The van der Waals surface area contributed by atoms with Crippen molar-refractivity contribution in [2.24, 2.45) is 7.05 Å². The highest BCUT2D eigenvalue weighted by Gasteiger charge is 2.18. The Hall–Kier alpha value is -2.55. The van der Waals surface area contributed by atoms with Gasteiger partial charge in [-0.25, -0.2) is 4.98 Å². The second-order valence-electron chi connectivity index (χ2n) is 5.37. The van der Waals surface area contributed by atoms with Gasteiger partial charge in [-0.15, -0.1) is 11.8 Å². The summed E-state index contributed by atoms with van der Waals surface area (Å²) < 4.78 is 1.41. The van der Waals surface area contributed by atoms with Crippen LogP contribution >= 0.6 is 23.4 Å². The van der Waals surface area contributed by atoms with Crippen LogP contribution in [0.4, 0.5) is 0 Å². The molecule has 0 amide bonds. The van der Waals surface area contributed by atoms with Crippen LogP contribution in [0.3, 0.4) is 0 Å². The van der Waals surface area contributed by atoms with Crippen molar-refractivity contribution < 1.29 is 0 Å². The van der Waals surface area contributed by atoms with Crippen LogP contribution < -0.4 is 5.56 Å². The Labute approximate surface area is 154 Å². The minimum absolute atomic E-state index is 0.0205. The van der Waals surface area contributed by atoms with E-state index in [9.17, 15) is 4.79 Å². The Morgan fingerprint density at radius 2 is 1.96 bits per heavy atom. The molecule has 0 unspecified atom stereocenters. The van der Waals surface area contributed by atoms with Crippen molar-refractivity contribution in [2.45, 2.75) is 4.90 Å². The zero-order valence-electron chi connectivity index (χ0n) is 13.7. The quantitative estimate of drug-likeness (QED) is 0.645. The molecule has 0 N–H and O–H groups in total. The zero-order chi connectivity index (χ0) is 18.0. The van der Waals surface area contributed by atoms with E-state index in [2.05, 4.69) is 4.98 Å². The molecule has 0 fully saturated rings. The average Bonchev–Trinajstić information content (AvgIpc) is 2.64. The van der Waals surface area contributed by atoms with E-state index in [1.54, 1.807) is 7.05 Å². The van der Waals surface area contributed by atoms with Crippen molar-refractivity contribution in [3.63, 3.8) is 0 Å². The molecule has 25 heavy (non-hydrogen) atoms. The van der Waals surface area contributed by atoms with E-state index in [0.717, 1.165) is 21.6 Å². The summed E-state index contributed by atoms with van der Waals surface area (Å²) in [5, 5.41) is 9.67. The van der Waals surface area contributed by atoms with Gasteiger partial charge >= 0.3 is 0 Å². The van der Waals surface area contributed by atoms with Gasteiger partial charge in [0.05, 0.1) is 6.20 Å². The number of hydrogen-bond donors (Lipinski definition) is 0. The normalized spacial score (nSPS) is 10.5. The highest BCUT2D eigenvalue weighted by Crippen LogP contribution is 2.39. The molecule has 0 bridgehead atoms. The van der Waals surface area contributed by atoms with Crippen LogP contribution in [0.2, 0.25) is 5.02 Å². The van der Waals surface area contributed by atoms with Gasteiger partial charge in [0.1, 0.15) is 17.5 Å². The average molecular weight is 368 g/mol. The lowest BCUT2D eigenvalue weighted by Gasteiger charge is -2.16. The van der Waals surface area contributed by atoms with Gasteiger partial charge in [0.2, 0.25) is 0 Å². The summed E-state index contributed by atoms with van der Waals surface area (Å²) in [4.78, 5) is 17.7. The summed E-state index contributed by atoms with van der Waals surface area (Å²) in [5.74, 6) is 0.504. The summed E-state index contributed by atoms with van der Waals surface area (Å²) in [6, 6.07) is 15.4. The highest BCUT2D eigenvalue weighted by atomic mass is 35.5. The topological polar surface area (TPSA) is 58.7 Å². The van der Waals surface area contributed by atoms with Crippen molar-refractivity contribution in [3.8, 4) is 28.6 Å². The first-order chi connectivity index (χ1) is 12.1. The van der Waals surface area contributed by atoms with Crippen LogP contribution in [-0.2, 0) is 7.05 Å². The molecule has 0 atom stereocenters. The Morgan fingerprint density at radius 1 is 1.24 bits per heavy atom. The number of nitrogens with zero attached hydrogens (tertiary/aromatic N) is 3. The maximum absolute atomic E-state index is 12.4. The van der Waals surface area contributed by atoms with Gasteiger partial charge in [0, 0.05) is 22.5 Å². The molecule has 0 aliphatic carbocycles. The maximum Gasteiger partial charge on any atom is 0.271 e. The molecule has 0 aliphatic heterocycles. The van der Waals surface area contributed by atoms with Gasteiger partial charge in [-0.1, -0.05) is 41.9 Å². The van der Waals surface area contributed by atoms with Gasteiger partial charge in [0.25, 0.3) is 5.56 Å². The number of halogens is 1. The molecule has 0 saturated heterocycles. The Morgan fingerprint density at radius 3 is 2.60 bits per heavy atom. The number of rotatable bonds is 3. The van der Waals surface area contributed by atoms with Gasteiger partial charge in [-0.05, 0) is 29.5 Å². The monoisotopic (exact) mass is 367 g/mol. The first-order valence-corrected chi connectivity index (χ1v) is 9.06. The molecule has 3 rings (SSSR count). The lowest BCUT2D eigenvalue weighted by Crippen LogP contribution is -2.22. The minimum Gasteiger partial charge on any atom is -0.295 e. The molecule has 2 aromatic carbocycles. The molecule has 0 spiro atoms. The third-order valence-electron chi connectivity index (χ3n) is 3.88. The molecular weight excluding hydrogens is 354 g/mol. The van der Waals surface area contributed by atoms with E-state index in [-0.39, 0.29) is 11.1 Å². The fourth-order valence-corrected chi connectivity index (χ4v) is 3.61. The third kappa shape index (κ3) is 3.19. The maximum atomic E-state index is 12.4. The predicted octanol–water partition coefficient (Wildman–Crippen LogP) is 4.36. The summed E-state index contributed by atoms with van der Waals surface area (Å²) in [6.07, 6.45) is 3.27. The lowest BCUT2D eigenvalue weighted by molar-refractivity contribution is 0.830. The van der Waals surface area contributed by atoms with Crippen LogP contribution in [0.25, 0.3) is 22.5 Å². The number of thioether (sulfide) groups is 1. The van der Waals surface area contributed by atoms with E-state index in [1.807, 2.05) is 54.8 Å². The third-order valence-corrected chi connectivity index (χ3v) is 4.86. The van der Waals surface area contributed by atoms with Crippen molar-refractivity contribution >= 4 is 23.4 Å². The standard InChI is InChI=1S/C19H14ClN3OS/c1-23-18(22-11-13(10-21)19(23)24)17-15(12-6-4-3-5-7-12)8-14(20)9-16(17)25-2/h3-9,11H,1-2H3. The summed E-state index contributed by atoms with van der Waals surface area (Å²) in [6.45, 7) is 0. The molecule has 1 heterocycles. The molecule has 4 nitrogen and oxygen atoms in total. The Balaban J connectivity index is 2.39. The molecule has 124 valence electrons. The second-order valence-corrected chi connectivity index (χ2v) is 6.65. The second kappa shape index (κ2) is 7.14. The molecule has 3 aromatic rings. The smallest absolute Gasteiger partial charge is 0.271 e. The first-order valence-electron chi connectivity index (χ1n) is 7.46. The first kappa shape index (κ1) is 17.3. The van der Waals surface area contributed by atoms with Crippen LogP contribution in [0.15, 0.2) is 58.4 Å². The number of nitriles is 1. The molecule has 6 heteroatoms. The largest absolute Gasteiger partial charge is 0.295 e. The van der Waals surface area contributed by atoms with E-state index >= 15 is 0 Å². The van der Waals surface area contributed by atoms with Crippen molar-refractivity contribution in [3.05, 3.63) is 69.6 Å². The van der Waals surface area contributed by atoms with Crippen LogP contribution in [0, 0.1) is 11.3 Å². The molecule has 1 aromatic heterocycles. The van der Waals surface area contributed by atoms with Gasteiger partial charge in [0.15, 0.2) is 0 Å². The van der Waals surface area contributed by atoms with E-state index in [0.29, 0.717) is 10.8 Å². The summed E-state index contributed by atoms with van der Waals surface area (Å²) >= 11 is 7.84. The van der Waals surface area contributed by atoms with Crippen LogP contribution in [-0.4, -0.2) is 15.8 Å². The van der Waals surface area contributed by atoms with Gasteiger partial charge in [-0.3, -0.25) is 9.36 Å². The molecular formula is C19H14ClN3OS. The van der Waals surface area contributed by atoms with E-state index in [4.69, 9.17) is 16.9 Å². The summed E-state index contributed by atoms with van der Waals surface area (Å²) in [7, 11) is 1.62. The van der Waals surface area contributed by atoms with Crippen molar-refractivity contribution in [2.75, 3.05) is 6.26 Å². The predicted molar refractivity (Wildman–Crippen MR) is 102 cm³/mol. The number of aromatic nitrogens is 2. The fourth-order valence-electron chi connectivity index (χ4n) is 2.67. The SMILES string of the molecule is CSc1cc(Cl)cc(-c2ccccc2)c1-c1ncc(C#N)c(=O)n1C. The van der Waals surface area contributed by atoms with Crippen LogP contribution in [0.5, 0.6) is 0 Å². The Kier molecular flexibility index (Phi) is 4.93. The van der Waals surface area contributed by atoms with Gasteiger partial charge in [-0.2, -0.15) is 5.26 Å². The number of benzene rings is 2. The van der Waals surface area contributed by atoms with Crippen LogP contribution in [0.1, 0.15) is 5.56 Å². The molecule has 0 aliphatic rings.